The van der Waals surface area contributed by atoms with Gasteiger partial charge in [-0.25, -0.2) is 4.98 Å². The highest BCUT2D eigenvalue weighted by molar-refractivity contribution is 7.14. The summed E-state index contributed by atoms with van der Waals surface area (Å²) in [5.41, 5.74) is 3.18. The van der Waals surface area contributed by atoms with Crippen molar-refractivity contribution in [3.05, 3.63) is 52.9 Å². The van der Waals surface area contributed by atoms with Crippen molar-refractivity contribution in [3.63, 3.8) is 0 Å². The number of carbonyl (C=O) groups excluding carboxylic acids is 1. The third-order valence-corrected chi connectivity index (χ3v) is 5.12. The van der Waals surface area contributed by atoms with Gasteiger partial charge < -0.3 is 14.2 Å². The minimum absolute atomic E-state index is 0.191. The summed E-state index contributed by atoms with van der Waals surface area (Å²) in [5, 5.41) is 5.26. The maximum atomic E-state index is 12.6. The summed E-state index contributed by atoms with van der Waals surface area (Å²) in [6.07, 6.45) is 0.827. The van der Waals surface area contributed by atoms with Crippen LogP contribution in [-0.2, 0) is 6.42 Å². The van der Waals surface area contributed by atoms with Crippen molar-refractivity contribution in [1.29, 1.82) is 0 Å². The van der Waals surface area contributed by atoms with E-state index in [2.05, 4.69) is 10.3 Å². The molecule has 0 spiro atoms. The molecule has 2 aromatic carbocycles. The molecule has 0 atom stereocenters. The second kappa shape index (κ2) is 7.28. The Morgan fingerprint density at radius 1 is 1.19 bits per heavy atom. The molecule has 1 aromatic heterocycles. The minimum Gasteiger partial charge on any atom is -0.497 e. The fourth-order valence-electron chi connectivity index (χ4n) is 2.97. The van der Waals surface area contributed by atoms with Crippen LogP contribution < -0.4 is 19.5 Å². The minimum atomic E-state index is -0.191. The van der Waals surface area contributed by atoms with Crippen molar-refractivity contribution >= 4 is 22.4 Å². The van der Waals surface area contributed by atoms with Crippen molar-refractivity contribution < 1.29 is 19.0 Å². The predicted molar refractivity (Wildman–Crippen MR) is 104 cm³/mol. The number of benzene rings is 2. The molecule has 2 heterocycles. The zero-order valence-electron chi connectivity index (χ0n) is 14.9. The normalized spacial score (nSPS) is 12.2. The SMILES string of the molecule is COc1ccc(OC)c(-c2csc(NC(=O)c3ccc4c(c3)CCO4)n2)c1. The lowest BCUT2D eigenvalue weighted by atomic mass is 10.1. The van der Waals surface area contributed by atoms with E-state index in [9.17, 15) is 4.79 Å². The van der Waals surface area contributed by atoms with E-state index >= 15 is 0 Å². The van der Waals surface area contributed by atoms with Crippen LogP contribution in [0.15, 0.2) is 41.8 Å². The fraction of sp³-hybridized carbons (Fsp3) is 0.200. The van der Waals surface area contributed by atoms with E-state index in [4.69, 9.17) is 14.2 Å². The lowest BCUT2D eigenvalue weighted by Crippen LogP contribution is -2.11. The number of nitrogens with zero attached hydrogens (tertiary/aromatic N) is 1. The Morgan fingerprint density at radius 2 is 2.07 bits per heavy atom. The molecular formula is C20H18N2O4S. The van der Waals surface area contributed by atoms with E-state index in [0.29, 0.717) is 34.5 Å². The maximum Gasteiger partial charge on any atom is 0.257 e. The molecule has 6 nitrogen and oxygen atoms in total. The van der Waals surface area contributed by atoms with Crippen LogP contribution in [0.3, 0.4) is 0 Å². The fourth-order valence-corrected chi connectivity index (χ4v) is 3.67. The van der Waals surface area contributed by atoms with E-state index in [0.717, 1.165) is 23.3 Å². The van der Waals surface area contributed by atoms with Gasteiger partial charge in [0.2, 0.25) is 0 Å². The Hall–Kier alpha value is -3.06. The highest BCUT2D eigenvalue weighted by Gasteiger charge is 2.17. The number of thiazole rings is 1. The number of hydrogen-bond acceptors (Lipinski definition) is 6. The number of rotatable bonds is 5. The molecule has 3 aromatic rings. The first-order valence-electron chi connectivity index (χ1n) is 8.43. The largest absolute Gasteiger partial charge is 0.497 e. The van der Waals surface area contributed by atoms with E-state index in [1.807, 2.05) is 35.7 Å². The lowest BCUT2D eigenvalue weighted by Gasteiger charge is -2.08. The molecule has 1 N–H and O–H groups in total. The van der Waals surface area contributed by atoms with Crippen molar-refractivity contribution in [2.45, 2.75) is 6.42 Å². The van der Waals surface area contributed by atoms with E-state index in [-0.39, 0.29) is 5.91 Å². The average Bonchev–Trinajstić information content (AvgIpc) is 3.36. The first-order chi connectivity index (χ1) is 13.2. The number of hydrogen-bond donors (Lipinski definition) is 1. The highest BCUT2D eigenvalue weighted by Crippen LogP contribution is 2.35. The first-order valence-corrected chi connectivity index (χ1v) is 9.31. The topological polar surface area (TPSA) is 69.7 Å². The van der Waals surface area contributed by atoms with Crippen LogP contribution in [0.2, 0.25) is 0 Å². The van der Waals surface area contributed by atoms with E-state index < -0.39 is 0 Å². The summed E-state index contributed by atoms with van der Waals surface area (Å²) in [7, 11) is 3.22. The van der Waals surface area contributed by atoms with Gasteiger partial charge in [-0.3, -0.25) is 10.1 Å². The molecule has 0 fully saturated rings. The standard InChI is InChI=1S/C20H18N2O4S/c1-24-14-4-6-18(25-2)15(10-14)16-11-27-20(21-16)22-19(23)13-3-5-17-12(9-13)7-8-26-17/h3-6,9-11H,7-8H2,1-2H3,(H,21,22,23). The Morgan fingerprint density at radius 3 is 2.89 bits per heavy atom. The monoisotopic (exact) mass is 382 g/mol. The second-order valence-electron chi connectivity index (χ2n) is 5.98. The summed E-state index contributed by atoms with van der Waals surface area (Å²) in [6.45, 7) is 0.665. The molecule has 0 saturated carbocycles. The van der Waals surface area contributed by atoms with E-state index in [1.165, 1.54) is 11.3 Å². The second-order valence-corrected chi connectivity index (χ2v) is 6.84. The summed E-state index contributed by atoms with van der Waals surface area (Å²) >= 11 is 1.36. The molecule has 0 bridgehead atoms. The summed E-state index contributed by atoms with van der Waals surface area (Å²) < 4.78 is 16.2. The quantitative estimate of drug-likeness (QED) is 0.722. The van der Waals surface area contributed by atoms with Crippen molar-refractivity contribution in [2.24, 2.45) is 0 Å². The zero-order chi connectivity index (χ0) is 18.8. The number of methoxy groups -OCH3 is 2. The number of nitrogens with one attached hydrogen (secondary N) is 1. The number of anilines is 1. The molecule has 27 heavy (non-hydrogen) atoms. The average molecular weight is 382 g/mol. The van der Waals surface area contributed by atoms with Gasteiger partial charge in [0.1, 0.15) is 17.2 Å². The molecule has 0 aliphatic carbocycles. The number of fused-ring (bicyclic) bond motifs is 1. The summed E-state index contributed by atoms with van der Waals surface area (Å²) in [6, 6.07) is 11.0. The van der Waals surface area contributed by atoms with Crippen molar-refractivity contribution in [1.82, 2.24) is 4.98 Å². The van der Waals surface area contributed by atoms with Crippen LogP contribution in [0.5, 0.6) is 17.2 Å². The van der Waals surface area contributed by atoms with Gasteiger partial charge in [0, 0.05) is 22.9 Å². The molecule has 7 heteroatoms. The van der Waals surface area contributed by atoms with Gasteiger partial charge in [-0.2, -0.15) is 0 Å². The molecule has 1 aliphatic heterocycles. The predicted octanol–water partition coefficient (Wildman–Crippen LogP) is 4.01. The number of ether oxygens (including phenoxy) is 3. The zero-order valence-corrected chi connectivity index (χ0v) is 15.8. The number of carbonyl (C=O) groups is 1. The van der Waals surface area contributed by atoms with Crippen LogP contribution in [0.4, 0.5) is 5.13 Å². The Balaban J connectivity index is 1.55. The van der Waals surface area contributed by atoms with Gasteiger partial charge in [-0.1, -0.05) is 0 Å². The smallest absolute Gasteiger partial charge is 0.257 e. The number of aromatic nitrogens is 1. The molecule has 138 valence electrons. The molecule has 0 radical (unpaired) electrons. The van der Waals surface area contributed by atoms with Crippen LogP contribution in [0.25, 0.3) is 11.3 Å². The van der Waals surface area contributed by atoms with Gasteiger partial charge in [-0.05, 0) is 42.0 Å². The van der Waals surface area contributed by atoms with Crippen LogP contribution in [-0.4, -0.2) is 31.7 Å². The molecule has 0 unspecified atom stereocenters. The lowest BCUT2D eigenvalue weighted by molar-refractivity contribution is 0.102. The Labute approximate surface area is 160 Å². The highest BCUT2D eigenvalue weighted by atomic mass is 32.1. The Bertz CT molecular complexity index is 999. The number of amides is 1. The summed E-state index contributed by atoms with van der Waals surface area (Å²) in [4.78, 5) is 17.1. The van der Waals surface area contributed by atoms with Gasteiger partial charge in [-0.15, -0.1) is 11.3 Å². The third kappa shape index (κ3) is 3.46. The third-order valence-electron chi connectivity index (χ3n) is 4.36. The molecule has 4 rings (SSSR count). The van der Waals surface area contributed by atoms with Crippen molar-refractivity contribution in [2.75, 3.05) is 26.1 Å². The van der Waals surface area contributed by atoms with Crippen LogP contribution in [0, 0.1) is 0 Å². The molecule has 1 amide bonds. The summed E-state index contributed by atoms with van der Waals surface area (Å²) in [5.74, 6) is 2.07. The van der Waals surface area contributed by atoms with Gasteiger partial charge >= 0.3 is 0 Å². The maximum absolute atomic E-state index is 12.6. The first kappa shape index (κ1) is 17.4. The van der Waals surface area contributed by atoms with Gasteiger partial charge in [0.15, 0.2) is 5.13 Å². The van der Waals surface area contributed by atoms with Crippen LogP contribution >= 0.6 is 11.3 Å². The molecular weight excluding hydrogens is 364 g/mol. The molecule has 0 saturated heterocycles. The van der Waals surface area contributed by atoms with E-state index in [1.54, 1.807) is 20.3 Å². The van der Waals surface area contributed by atoms with Gasteiger partial charge in [0.25, 0.3) is 5.91 Å². The van der Waals surface area contributed by atoms with Crippen molar-refractivity contribution in [3.8, 4) is 28.5 Å². The van der Waals surface area contributed by atoms with Crippen LogP contribution in [0.1, 0.15) is 15.9 Å². The van der Waals surface area contributed by atoms with Gasteiger partial charge in [0.05, 0.1) is 26.5 Å². The Kier molecular flexibility index (Phi) is 4.68. The molecule has 1 aliphatic rings.